The second-order valence-corrected chi connectivity index (χ2v) is 10.7. The van der Waals surface area contributed by atoms with E-state index in [1.807, 2.05) is 6.07 Å². The molecule has 1 heterocycles. The maximum absolute atomic E-state index is 11.6. The lowest BCUT2D eigenvalue weighted by atomic mass is 9.86. The van der Waals surface area contributed by atoms with Gasteiger partial charge in [-0.2, -0.15) is 5.26 Å². The van der Waals surface area contributed by atoms with Crippen molar-refractivity contribution in [2.24, 2.45) is 5.92 Å². The molecule has 0 N–H and O–H groups in total. The number of hydrogen-bond acceptors (Lipinski definition) is 5. The predicted octanol–water partition coefficient (Wildman–Crippen LogP) is 3.61. The first-order valence-electron chi connectivity index (χ1n) is 10.5. The van der Waals surface area contributed by atoms with E-state index in [4.69, 9.17) is 4.74 Å². The van der Waals surface area contributed by atoms with Crippen molar-refractivity contribution < 1.29 is 13.2 Å². The molecule has 1 aliphatic heterocycles. The second-order valence-electron chi connectivity index (χ2n) is 8.69. The molecule has 4 rings (SSSR count). The van der Waals surface area contributed by atoms with Crippen molar-refractivity contribution in [1.29, 1.82) is 5.26 Å². The van der Waals surface area contributed by atoms with Gasteiger partial charge >= 0.3 is 0 Å². The van der Waals surface area contributed by atoms with Crippen LogP contribution in [0.5, 0.6) is 5.75 Å². The molecule has 0 spiro atoms. The number of nitriles is 1. The fraction of sp³-hybridized carbons (Fsp3) is 0.458. The smallest absolute Gasteiger partial charge is 0.175 e. The minimum atomic E-state index is -3.18. The molecule has 3 atom stereocenters. The van der Waals surface area contributed by atoms with Gasteiger partial charge in [0.05, 0.1) is 23.1 Å². The highest BCUT2D eigenvalue weighted by Crippen LogP contribution is 2.32. The molecule has 1 fully saturated rings. The Morgan fingerprint density at radius 1 is 1.17 bits per heavy atom. The zero-order chi connectivity index (χ0) is 21.3. The average molecular weight is 425 g/mol. The summed E-state index contributed by atoms with van der Waals surface area (Å²) < 4.78 is 29.1. The minimum absolute atomic E-state index is 0.313. The van der Waals surface area contributed by atoms with Crippen molar-refractivity contribution >= 4 is 9.84 Å². The maximum Gasteiger partial charge on any atom is 0.175 e. The zero-order valence-electron chi connectivity index (χ0n) is 17.5. The van der Waals surface area contributed by atoms with Crippen molar-refractivity contribution in [3.8, 4) is 11.8 Å². The van der Waals surface area contributed by atoms with E-state index in [0.717, 1.165) is 37.8 Å². The van der Waals surface area contributed by atoms with Crippen LogP contribution in [0.1, 0.15) is 36.5 Å². The Hall–Kier alpha value is -2.36. The summed E-state index contributed by atoms with van der Waals surface area (Å²) in [6.07, 6.45) is 5.55. The fourth-order valence-electron chi connectivity index (χ4n) is 4.89. The summed E-state index contributed by atoms with van der Waals surface area (Å²) in [5, 5.41) is 9.20. The van der Waals surface area contributed by atoms with Gasteiger partial charge in [-0.1, -0.05) is 6.07 Å². The summed E-state index contributed by atoms with van der Waals surface area (Å²) >= 11 is 0. The van der Waals surface area contributed by atoms with Gasteiger partial charge in [0.1, 0.15) is 5.75 Å². The van der Waals surface area contributed by atoms with Gasteiger partial charge in [-0.05, 0) is 80.1 Å². The molecule has 6 heteroatoms. The summed E-state index contributed by atoms with van der Waals surface area (Å²) in [5.41, 5.74) is 3.45. The Balaban J connectivity index is 1.35. The molecule has 2 aliphatic rings. The molecule has 0 radical (unpaired) electrons. The normalized spacial score (nSPS) is 24.2. The van der Waals surface area contributed by atoms with Gasteiger partial charge in [0.25, 0.3) is 0 Å². The molecule has 2 aromatic rings. The first-order chi connectivity index (χ1) is 14.3. The molecule has 30 heavy (non-hydrogen) atoms. The van der Waals surface area contributed by atoms with E-state index in [1.165, 1.54) is 17.4 Å². The number of likely N-dealkylation sites (tertiary alicyclic amines) is 1. The van der Waals surface area contributed by atoms with E-state index in [9.17, 15) is 13.7 Å². The van der Waals surface area contributed by atoms with Gasteiger partial charge in [0.2, 0.25) is 0 Å². The SMILES string of the molecule is CC1CC(COc2ccc(S(C)(=O)=O)cc2)CN1C1CCc2ccc(C#N)cc2C1. The number of aryl methyl sites for hydroxylation is 1. The second kappa shape index (κ2) is 8.41. The van der Waals surface area contributed by atoms with Gasteiger partial charge < -0.3 is 4.74 Å². The van der Waals surface area contributed by atoms with Crippen LogP contribution in [0.2, 0.25) is 0 Å². The van der Waals surface area contributed by atoms with Crippen LogP contribution in [0.3, 0.4) is 0 Å². The van der Waals surface area contributed by atoms with E-state index >= 15 is 0 Å². The predicted molar refractivity (Wildman–Crippen MR) is 116 cm³/mol. The van der Waals surface area contributed by atoms with Crippen molar-refractivity contribution in [2.75, 3.05) is 19.4 Å². The molecular formula is C24H28N2O3S. The third-order valence-corrected chi connectivity index (χ3v) is 7.58. The molecule has 1 aliphatic carbocycles. The van der Waals surface area contributed by atoms with E-state index in [0.29, 0.717) is 35.3 Å². The lowest BCUT2D eigenvalue weighted by Gasteiger charge is -2.35. The summed E-state index contributed by atoms with van der Waals surface area (Å²) in [5.74, 6) is 1.17. The number of sulfone groups is 1. The number of ether oxygens (including phenoxy) is 1. The number of hydrogen-bond donors (Lipinski definition) is 0. The lowest BCUT2D eigenvalue weighted by molar-refractivity contribution is 0.164. The largest absolute Gasteiger partial charge is 0.493 e. The molecule has 0 saturated carbocycles. The van der Waals surface area contributed by atoms with Crippen LogP contribution in [0, 0.1) is 17.2 Å². The quantitative estimate of drug-likeness (QED) is 0.733. The van der Waals surface area contributed by atoms with Crippen LogP contribution in [-0.4, -0.2) is 44.8 Å². The van der Waals surface area contributed by atoms with Gasteiger partial charge in [0, 0.05) is 30.8 Å². The molecule has 158 valence electrons. The van der Waals surface area contributed by atoms with E-state index in [1.54, 1.807) is 24.3 Å². The number of rotatable bonds is 5. The molecule has 2 aromatic carbocycles. The summed E-state index contributed by atoms with van der Waals surface area (Å²) in [6.45, 7) is 3.95. The first kappa shape index (κ1) is 20.9. The Kier molecular flexibility index (Phi) is 5.86. The Morgan fingerprint density at radius 3 is 2.63 bits per heavy atom. The number of nitrogens with zero attached hydrogens (tertiary/aromatic N) is 2. The zero-order valence-corrected chi connectivity index (χ0v) is 18.4. The highest BCUT2D eigenvalue weighted by molar-refractivity contribution is 7.90. The third-order valence-electron chi connectivity index (χ3n) is 6.45. The molecular weight excluding hydrogens is 396 g/mol. The van der Waals surface area contributed by atoms with Gasteiger partial charge in [0.15, 0.2) is 9.84 Å². The molecule has 5 nitrogen and oxygen atoms in total. The van der Waals surface area contributed by atoms with Gasteiger partial charge in [-0.3, -0.25) is 4.90 Å². The number of benzene rings is 2. The minimum Gasteiger partial charge on any atom is -0.493 e. The van der Waals surface area contributed by atoms with E-state index in [2.05, 4.69) is 30.0 Å². The highest BCUT2D eigenvalue weighted by atomic mass is 32.2. The highest BCUT2D eigenvalue weighted by Gasteiger charge is 2.35. The van der Waals surface area contributed by atoms with Gasteiger partial charge in [-0.15, -0.1) is 0 Å². The lowest BCUT2D eigenvalue weighted by Crippen LogP contribution is -2.41. The Bertz CT molecular complexity index is 1060. The first-order valence-corrected chi connectivity index (χ1v) is 12.4. The number of fused-ring (bicyclic) bond motifs is 1. The van der Waals surface area contributed by atoms with Crippen LogP contribution < -0.4 is 4.74 Å². The maximum atomic E-state index is 11.6. The van der Waals surface area contributed by atoms with Gasteiger partial charge in [-0.25, -0.2) is 8.42 Å². The molecule has 0 bridgehead atoms. The van der Waals surface area contributed by atoms with Crippen molar-refractivity contribution in [3.05, 3.63) is 59.2 Å². The van der Waals surface area contributed by atoms with E-state index < -0.39 is 9.84 Å². The average Bonchev–Trinajstić information content (AvgIpc) is 3.11. The van der Waals surface area contributed by atoms with Crippen LogP contribution in [-0.2, 0) is 22.7 Å². The molecule has 1 saturated heterocycles. The standard InChI is InChI=1S/C24H28N2O3S/c1-17-11-19(16-29-23-7-9-24(10-8-23)30(2,27)28)15-26(17)22-6-5-20-4-3-18(14-25)12-21(20)13-22/h3-4,7-10,12,17,19,22H,5-6,11,13,15-16H2,1-2H3. The van der Waals surface area contributed by atoms with E-state index in [-0.39, 0.29) is 0 Å². The van der Waals surface area contributed by atoms with Crippen molar-refractivity contribution in [2.45, 2.75) is 49.6 Å². The van der Waals surface area contributed by atoms with Crippen LogP contribution >= 0.6 is 0 Å². The third kappa shape index (κ3) is 4.53. The summed E-state index contributed by atoms with van der Waals surface area (Å²) in [4.78, 5) is 2.93. The van der Waals surface area contributed by atoms with Crippen LogP contribution in [0.15, 0.2) is 47.4 Å². The van der Waals surface area contributed by atoms with Crippen LogP contribution in [0.4, 0.5) is 0 Å². The van der Waals surface area contributed by atoms with Crippen molar-refractivity contribution in [1.82, 2.24) is 4.90 Å². The monoisotopic (exact) mass is 424 g/mol. The molecule has 0 aromatic heterocycles. The fourth-order valence-corrected chi connectivity index (χ4v) is 5.52. The summed E-state index contributed by atoms with van der Waals surface area (Å²) in [7, 11) is -3.18. The Labute approximate surface area is 179 Å². The molecule has 3 unspecified atom stereocenters. The topological polar surface area (TPSA) is 70.4 Å². The summed E-state index contributed by atoms with van der Waals surface area (Å²) in [6, 6.07) is 16.0. The molecule has 0 amide bonds. The van der Waals surface area contributed by atoms with Crippen LogP contribution in [0.25, 0.3) is 0 Å². The van der Waals surface area contributed by atoms with Crippen molar-refractivity contribution in [3.63, 3.8) is 0 Å². The Morgan fingerprint density at radius 2 is 1.93 bits per heavy atom.